The van der Waals surface area contributed by atoms with Gasteiger partial charge in [0.15, 0.2) is 5.96 Å². The van der Waals surface area contributed by atoms with Crippen LogP contribution in [0.2, 0.25) is 0 Å². The summed E-state index contributed by atoms with van der Waals surface area (Å²) >= 11 is 1.73. The summed E-state index contributed by atoms with van der Waals surface area (Å²) in [5, 5.41) is 14.5. The van der Waals surface area contributed by atoms with Gasteiger partial charge < -0.3 is 10.6 Å². The zero-order chi connectivity index (χ0) is 18.6. The lowest BCUT2D eigenvalue weighted by Gasteiger charge is -2.14. The fraction of sp³-hybridized carbons (Fsp3) is 0.611. The number of aryl methyl sites for hydroxylation is 2. The van der Waals surface area contributed by atoms with Gasteiger partial charge in [-0.15, -0.1) is 11.3 Å². The van der Waals surface area contributed by atoms with Crippen molar-refractivity contribution in [3.8, 4) is 0 Å². The second-order valence-corrected chi connectivity index (χ2v) is 8.19. The Hall–Kier alpha value is -1.89. The van der Waals surface area contributed by atoms with Crippen LogP contribution in [0.25, 0.3) is 0 Å². The van der Waals surface area contributed by atoms with Crippen LogP contribution < -0.4 is 10.6 Å². The summed E-state index contributed by atoms with van der Waals surface area (Å²) in [5.74, 6) is 0.801. The molecule has 0 unspecified atom stereocenters. The van der Waals surface area contributed by atoms with Crippen LogP contribution in [0.1, 0.15) is 48.4 Å². The highest BCUT2D eigenvalue weighted by Gasteiger charge is 2.17. The Morgan fingerprint density at radius 1 is 1.28 bits per heavy atom. The average molecular weight is 363 g/mol. The number of nitrogens with one attached hydrogen (secondary N) is 2. The van der Waals surface area contributed by atoms with Crippen LogP contribution in [0.4, 0.5) is 0 Å². The molecule has 0 saturated carbocycles. The molecule has 0 radical (unpaired) electrons. The van der Waals surface area contributed by atoms with Gasteiger partial charge in [-0.1, -0.05) is 20.8 Å². The maximum atomic E-state index is 4.73. The first-order valence-corrected chi connectivity index (χ1v) is 9.48. The molecular formula is C18H30N6S. The molecule has 2 heterocycles. The number of guanidine groups is 1. The van der Waals surface area contributed by atoms with Crippen molar-refractivity contribution in [2.45, 2.75) is 53.0 Å². The molecule has 6 nitrogen and oxygen atoms in total. The van der Waals surface area contributed by atoms with Crippen molar-refractivity contribution in [1.29, 1.82) is 0 Å². The quantitative estimate of drug-likeness (QED) is 0.634. The number of hydrogen-bond acceptors (Lipinski definition) is 4. The van der Waals surface area contributed by atoms with Crippen LogP contribution in [0.5, 0.6) is 0 Å². The summed E-state index contributed by atoms with van der Waals surface area (Å²) in [6.07, 6.45) is 0.895. The second kappa shape index (κ2) is 7.99. The van der Waals surface area contributed by atoms with Gasteiger partial charge in [-0.2, -0.15) is 5.10 Å². The Morgan fingerprint density at radius 3 is 2.52 bits per heavy atom. The highest BCUT2D eigenvalue weighted by molar-refractivity contribution is 7.09. The number of nitrogens with zero attached hydrogens (tertiary/aromatic N) is 4. The van der Waals surface area contributed by atoms with E-state index in [0.717, 1.165) is 41.9 Å². The topological polar surface area (TPSA) is 67.1 Å². The van der Waals surface area contributed by atoms with E-state index < -0.39 is 0 Å². The van der Waals surface area contributed by atoms with E-state index in [0.29, 0.717) is 0 Å². The summed E-state index contributed by atoms with van der Waals surface area (Å²) < 4.78 is 1.91. The fourth-order valence-corrected chi connectivity index (χ4v) is 3.55. The van der Waals surface area contributed by atoms with Gasteiger partial charge in [0.05, 0.1) is 16.4 Å². The first-order chi connectivity index (χ1) is 11.7. The summed E-state index contributed by atoms with van der Waals surface area (Å²) in [7, 11) is 3.76. The van der Waals surface area contributed by atoms with E-state index in [1.54, 1.807) is 18.4 Å². The Bertz CT molecular complexity index is 735. The SMILES string of the molecule is CN=C(NCCc1nc(C(C)(C)C)cs1)NCc1c(C)nn(C)c1C. The molecular weight excluding hydrogens is 332 g/mol. The zero-order valence-electron chi connectivity index (χ0n) is 16.4. The Labute approximate surface area is 154 Å². The van der Waals surface area contributed by atoms with Crippen LogP contribution in [0.15, 0.2) is 10.4 Å². The lowest BCUT2D eigenvalue weighted by Crippen LogP contribution is -2.38. The van der Waals surface area contributed by atoms with E-state index in [1.807, 2.05) is 18.7 Å². The molecule has 0 bridgehead atoms. The highest BCUT2D eigenvalue weighted by atomic mass is 32.1. The second-order valence-electron chi connectivity index (χ2n) is 7.25. The van der Waals surface area contributed by atoms with Crippen LogP contribution in [0.3, 0.4) is 0 Å². The van der Waals surface area contributed by atoms with Gasteiger partial charge in [-0.25, -0.2) is 4.98 Å². The van der Waals surface area contributed by atoms with E-state index in [-0.39, 0.29) is 5.41 Å². The van der Waals surface area contributed by atoms with Gasteiger partial charge in [0, 0.05) is 55.7 Å². The van der Waals surface area contributed by atoms with Crippen molar-refractivity contribution < 1.29 is 0 Å². The van der Waals surface area contributed by atoms with Crippen LogP contribution >= 0.6 is 11.3 Å². The summed E-state index contributed by atoms with van der Waals surface area (Å²) in [6, 6.07) is 0. The van der Waals surface area contributed by atoms with Crippen LogP contribution in [0, 0.1) is 13.8 Å². The Kier molecular flexibility index (Phi) is 6.21. The van der Waals surface area contributed by atoms with Crippen LogP contribution in [-0.2, 0) is 25.4 Å². The summed E-state index contributed by atoms with van der Waals surface area (Å²) in [4.78, 5) is 9.03. The van der Waals surface area contributed by atoms with Gasteiger partial charge in [0.2, 0.25) is 0 Å². The predicted octanol–water partition coefficient (Wildman–Crippen LogP) is 2.70. The van der Waals surface area contributed by atoms with Gasteiger partial charge >= 0.3 is 0 Å². The normalized spacial score (nSPS) is 12.5. The number of thiazole rings is 1. The molecule has 0 aromatic carbocycles. The van der Waals surface area contributed by atoms with E-state index in [2.05, 4.69) is 53.8 Å². The van der Waals surface area contributed by atoms with Crippen LogP contribution in [-0.4, -0.2) is 34.3 Å². The third-order valence-corrected chi connectivity index (χ3v) is 5.18. The molecule has 0 spiro atoms. The Morgan fingerprint density at radius 2 is 2.00 bits per heavy atom. The molecule has 0 aliphatic carbocycles. The number of aromatic nitrogens is 3. The molecule has 2 rings (SSSR count). The van der Waals surface area contributed by atoms with E-state index in [4.69, 9.17) is 4.98 Å². The molecule has 0 aliphatic rings. The number of aliphatic imine (C=N–C) groups is 1. The lowest BCUT2D eigenvalue weighted by molar-refractivity contribution is 0.570. The number of hydrogen-bond donors (Lipinski definition) is 2. The predicted molar refractivity (Wildman–Crippen MR) is 105 cm³/mol. The maximum absolute atomic E-state index is 4.73. The van der Waals surface area contributed by atoms with Crippen molar-refractivity contribution in [1.82, 2.24) is 25.4 Å². The van der Waals surface area contributed by atoms with E-state index in [9.17, 15) is 0 Å². The molecule has 0 fully saturated rings. The van der Waals surface area contributed by atoms with Gasteiger partial charge in [-0.3, -0.25) is 9.67 Å². The van der Waals surface area contributed by atoms with Crippen molar-refractivity contribution in [2.75, 3.05) is 13.6 Å². The molecule has 0 atom stereocenters. The van der Waals surface area contributed by atoms with Crippen molar-refractivity contribution in [3.05, 3.63) is 33.0 Å². The summed E-state index contributed by atoms with van der Waals surface area (Å²) in [6.45, 7) is 12.2. The minimum atomic E-state index is 0.110. The van der Waals surface area contributed by atoms with E-state index >= 15 is 0 Å². The molecule has 7 heteroatoms. The number of rotatable bonds is 5. The molecule has 0 aliphatic heterocycles. The van der Waals surface area contributed by atoms with Gasteiger partial charge in [0.1, 0.15) is 0 Å². The average Bonchev–Trinajstić information content (AvgIpc) is 3.10. The molecule has 2 aromatic heterocycles. The molecule has 25 heavy (non-hydrogen) atoms. The molecule has 0 saturated heterocycles. The first-order valence-electron chi connectivity index (χ1n) is 8.61. The lowest BCUT2D eigenvalue weighted by atomic mass is 9.93. The van der Waals surface area contributed by atoms with Crippen molar-refractivity contribution >= 4 is 17.3 Å². The molecule has 2 N–H and O–H groups in total. The fourth-order valence-electron chi connectivity index (χ4n) is 2.52. The van der Waals surface area contributed by atoms with Gasteiger partial charge in [0.25, 0.3) is 0 Å². The van der Waals surface area contributed by atoms with E-state index in [1.165, 1.54) is 11.3 Å². The van der Waals surface area contributed by atoms with Crippen molar-refractivity contribution in [2.24, 2.45) is 12.0 Å². The van der Waals surface area contributed by atoms with Crippen molar-refractivity contribution in [3.63, 3.8) is 0 Å². The summed E-state index contributed by atoms with van der Waals surface area (Å²) in [5.41, 5.74) is 4.73. The minimum absolute atomic E-state index is 0.110. The van der Waals surface area contributed by atoms with Gasteiger partial charge in [-0.05, 0) is 13.8 Å². The third kappa shape index (κ3) is 5.04. The third-order valence-electron chi connectivity index (χ3n) is 4.27. The maximum Gasteiger partial charge on any atom is 0.191 e. The minimum Gasteiger partial charge on any atom is -0.356 e. The monoisotopic (exact) mass is 362 g/mol. The smallest absolute Gasteiger partial charge is 0.191 e. The molecule has 0 amide bonds. The molecule has 138 valence electrons. The largest absolute Gasteiger partial charge is 0.356 e. The molecule has 2 aromatic rings. The first kappa shape index (κ1) is 19.4. The Balaban J connectivity index is 1.83. The standard InChI is InChI=1S/C18H30N6S/c1-12-14(13(2)24(7)23-12)10-21-17(19-6)20-9-8-16-22-15(11-25-16)18(3,4)5/h11H,8-10H2,1-7H3,(H2,19,20,21). The highest BCUT2D eigenvalue weighted by Crippen LogP contribution is 2.23. The zero-order valence-corrected chi connectivity index (χ0v) is 17.2.